The predicted octanol–water partition coefficient (Wildman–Crippen LogP) is 4.95. The van der Waals surface area contributed by atoms with Gasteiger partial charge in [0.05, 0.1) is 0 Å². The molecule has 1 heterocycles. The van der Waals surface area contributed by atoms with Crippen LogP contribution in [0.2, 0.25) is 0 Å². The van der Waals surface area contributed by atoms with Crippen LogP contribution in [0.5, 0.6) is 0 Å². The molecule has 4 aromatic rings. The lowest BCUT2D eigenvalue weighted by atomic mass is 9.64. The molecule has 1 amide bonds. The van der Waals surface area contributed by atoms with Crippen molar-refractivity contribution in [3.8, 4) is 0 Å². The Morgan fingerprint density at radius 2 is 1.47 bits per heavy atom. The Labute approximate surface area is 201 Å². The summed E-state index contributed by atoms with van der Waals surface area (Å²) in [6.45, 7) is 3.04. The van der Waals surface area contributed by atoms with E-state index in [1.54, 1.807) is 0 Å². The normalized spacial score (nSPS) is 18.1. The van der Waals surface area contributed by atoms with Gasteiger partial charge in [-0.2, -0.15) is 0 Å². The second-order valence-corrected chi connectivity index (χ2v) is 9.43. The third-order valence-electron chi connectivity index (χ3n) is 7.65. The van der Waals surface area contributed by atoms with Crippen LogP contribution >= 0.6 is 0 Å². The van der Waals surface area contributed by atoms with Crippen LogP contribution < -0.4 is 10.3 Å². The Kier molecular flexibility index (Phi) is 6.06. The number of carbonyl (C=O) groups excluding carboxylic acids is 1. The lowest BCUT2D eigenvalue weighted by Gasteiger charge is -2.37. The van der Waals surface area contributed by atoms with Crippen LogP contribution in [0.1, 0.15) is 47.8 Å². The predicted molar refractivity (Wildman–Crippen MR) is 134 cm³/mol. The number of primary amides is 1. The Bertz CT molecular complexity index is 1210. The van der Waals surface area contributed by atoms with Crippen LogP contribution in [-0.2, 0) is 16.8 Å². The van der Waals surface area contributed by atoms with Gasteiger partial charge in [-0.3, -0.25) is 4.79 Å². The van der Waals surface area contributed by atoms with Gasteiger partial charge in [0, 0.05) is 6.92 Å². The molecule has 0 unspecified atom stereocenters. The molecular weight excluding hydrogens is 418 g/mol. The fraction of sp³-hybridized carbons (Fsp3) is 0.267. The van der Waals surface area contributed by atoms with E-state index >= 15 is 0 Å². The first-order chi connectivity index (χ1) is 16.6. The number of aromatic nitrogens is 2. The van der Waals surface area contributed by atoms with Gasteiger partial charge in [-0.15, -0.1) is 0 Å². The monoisotopic (exact) mass is 450 g/mol. The molecule has 1 aliphatic carbocycles. The van der Waals surface area contributed by atoms with Crippen molar-refractivity contribution >= 4 is 5.91 Å². The number of amides is 1. The maximum Gasteiger partial charge on any atom is 0.253 e. The molecule has 1 aliphatic rings. The van der Waals surface area contributed by atoms with Crippen molar-refractivity contribution in [3.05, 3.63) is 126 Å². The molecule has 2 N–H and O–H groups in total. The number of carbonyl (C=O) groups is 1. The molecule has 5 rings (SSSR count). The molecule has 1 fully saturated rings. The third kappa shape index (κ3) is 3.83. The number of rotatable bonds is 7. The number of hydrogen-bond donors (Lipinski definition) is 1. The van der Waals surface area contributed by atoms with E-state index in [1.165, 1.54) is 11.4 Å². The lowest BCUT2D eigenvalue weighted by molar-refractivity contribution is -0.694. The average Bonchev–Trinajstić information content (AvgIpc) is 3.49. The van der Waals surface area contributed by atoms with Gasteiger partial charge >= 0.3 is 0 Å². The van der Waals surface area contributed by atoms with E-state index in [0.29, 0.717) is 6.04 Å². The van der Waals surface area contributed by atoms with Crippen molar-refractivity contribution in [2.24, 2.45) is 11.7 Å². The number of imidazole rings is 1. The number of benzene rings is 3. The SMILES string of the molecule is Cc1n([C@H]2CC[C@@H](C(C(N)=O)(c3ccccc3)c3ccccc3)C2)cc[n+]1Cc1ccccc1. The van der Waals surface area contributed by atoms with Crippen molar-refractivity contribution in [2.45, 2.75) is 44.2 Å². The lowest BCUT2D eigenvalue weighted by Crippen LogP contribution is -2.47. The summed E-state index contributed by atoms with van der Waals surface area (Å²) in [5.41, 5.74) is 8.70. The van der Waals surface area contributed by atoms with Crippen molar-refractivity contribution in [1.82, 2.24) is 4.57 Å². The van der Waals surface area contributed by atoms with Gasteiger partial charge < -0.3 is 5.73 Å². The molecule has 4 heteroatoms. The highest BCUT2D eigenvalue weighted by molar-refractivity contribution is 5.91. The first-order valence-corrected chi connectivity index (χ1v) is 12.1. The number of nitrogens with zero attached hydrogens (tertiary/aromatic N) is 2. The second kappa shape index (κ2) is 9.30. The van der Waals surface area contributed by atoms with Crippen LogP contribution in [0.25, 0.3) is 0 Å². The fourth-order valence-corrected chi connectivity index (χ4v) is 5.98. The summed E-state index contributed by atoms with van der Waals surface area (Å²) in [5, 5.41) is 0. The van der Waals surface area contributed by atoms with Gasteiger partial charge in [0.15, 0.2) is 0 Å². The summed E-state index contributed by atoms with van der Waals surface area (Å²) < 4.78 is 4.70. The smallest absolute Gasteiger partial charge is 0.253 e. The molecule has 0 bridgehead atoms. The van der Waals surface area contributed by atoms with Crippen LogP contribution in [0, 0.1) is 12.8 Å². The van der Waals surface area contributed by atoms with E-state index < -0.39 is 5.41 Å². The fourth-order valence-electron chi connectivity index (χ4n) is 5.98. The van der Waals surface area contributed by atoms with Gasteiger partial charge in [0.2, 0.25) is 5.91 Å². The largest absolute Gasteiger partial charge is 0.369 e. The van der Waals surface area contributed by atoms with E-state index in [9.17, 15) is 4.79 Å². The van der Waals surface area contributed by atoms with E-state index in [-0.39, 0.29) is 11.8 Å². The minimum Gasteiger partial charge on any atom is -0.369 e. The standard InChI is InChI=1S/C30H31N3O/c1-23-32(22-24-11-5-2-6-12-24)19-20-33(23)28-18-17-27(21-28)30(29(31)34,25-13-7-3-8-14-25)26-15-9-4-10-16-26/h2-16,19-20,27-28H,17-18,21-22H2,1H3,(H-,31,34)/p+1/t27-,28+/m1/s1. The highest BCUT2D eigenvalue weighted by Crippen LogP contribution is 2.49. The van der Waals surface area contributed by atoms with Crippen LogP contribution in [-0.4, -0.2) is 10.5 Å². The first kappa shape index (κ1) is 22.1. The summed E-state index contributed by atoms with van der Waals surface area (Å²) >= 11 is 0. The minimum atomic E-state index is -0.835. The van der Waals surface area contributed by atoms with Crippen molar-refractivity contribution < 1.29 is 9.36 Å². The van der Waals surface area contributed by atoms with E-state index in [4.69, 9.17) is 5.73 Å². The zero-order valence-electron chi connectivity index (χ0n) is 19.7. The Morgan fingerprint density at radius 1 is 0.912 bits per heavy atom. The van der Waals surface area contributed by atoms with E-state index in [0.717, 1.165) is 36.9 Å². The Morgan fingerprint density at radius 3 is 2.03 bits per heavy atom. The summed E-state index contributed by atoms with van der Waals surface area (Å²) in [4.78, 5) is 13.3. The van der Waals surface area contributed by atoms with Crippen LogP contribution in [0.15, 0.2) is 103 Å². The maximum absolute atomic E-state index is 13.3. The highest BCUT2D eigenvalue weighted by Gasteiger charge is 2.51. The topological polar surface area (TPSA) is 51.9 Å². The molecule has 3 aromatic carbocycles. The quantitative estimate of drug-likeness (QED) is 0.398. The van der Waals surface area contributed by atoms with Crippen molar-refractivity contribution in [1.29, 1.82) is 0 Å². The summed E-state index contributed by atoms with van der Waals surface area (Å²) in [5.74, 6) is 1.10. The van der Waals surface area contributed by atoms with Gasteiger partial charge in [0.1, 0.15) is 30.4 Å². The van der Waals surface area contributed by atoms with E-state index in [2.05, 4.69) is 83.0 Å². The molecular formula is C30H32N3O+. The summed E-state index contributed by atoms with van der Waals surface area (Å²) in [7, 11) is 0. The van der Waals surface area contributed by atoms with Gasteiger partial charge in [0.25, 0.3) is 5.82 Å². The molecule has 0 spiro atoms. The molecule has 2 atom stereocenters. The number of hydrogen-bond acceptors (Lipinski definition) is 1. The number of nitrogens with two attached hydrogens (primary N) is 1. The highest BCUT2D eigenvalue weighted by atomic mass is 16.1. The van der Waals surface area contributed by atoms with Gasteiger partial charge in [-0.05, 0) is 41.9 Å². The molecule has 0 radical (unpaired) electrons. The van der Waals surface area contributed by atoms with E-state index in [1.807, 2.05) is 36.4 Å². The molecule has 1 saturated carbocycles. The molecule has 4 nitrogen and oxygen atoms in total. The zero-order valence-corrected chi connectivity index (χ0v) is 19.7. The second-order valence-electron chi connectivity index (χ2n) is 9.43. The van der Waals surface area contributed by atoms with Crippen molar-refractivity contribution in [2.75, 3.05) is 0 Å². The summed E-state index contributed by atoms with van der Waals surface area (Å²) in [6, 6.07) is 31.1. The molecule has 172 valence electrons. The molecule has 34 heavy (non-hydrogen) atoms. The minimum absolute atomic E-state index is 0.129. The first-order valence-electron chi connectivity index (χ1n) is 12.1. The Hall–Kier alpha value is -3.66. The van der Waals surface area contributed by atoms with Gasteiger partial charge in [-0.1, -0.05) is 91.0 Å². The van der Waals surface area contributed by atoms with Crippen molar-refractivity contribution in [3.63, 3.8) is 0 Å². The zero-order chi connectivity index (χ0) is 23.5. The maximum atomic E-state index is 13.3. The van der Waals surface area contributed by atoms with Crippen LogP contribution in [0.4, 0.5) is 0 Å². The average molecular weight is 451 g/mol. The molecule has 0 saturated heterocycles. The Balaban J connectivity index is 1.48. The molecule has 0 aliphatic heterocycles. The molecule has 1 aromatic heterocycles. The summed E-state index contributed by atoms with van der Waals surface area (Å²) in [6.07, 6.45) is 7.26. The van der Waals surface area contributed by atoms with Gasteiger partial charge in [-0.25, -0.2) is 9.13 Å². The van der Waals surface area contributed by atoms with Crippen LogP contribution in [0.3, 0.4) is 0 Å². The third-order valence-corrected chi connectivity index (χ3v) is 7.65.